The first-order valence-corrected chi connectivity index (χ1v) is 6.91. The van der Waals surface area contributed by atoms with Gasteiger partial charge in [0, 0.05) is 17.5 Å². The number of hydrogen-bond acceptors (Lipinski definition) is 3. The normalized spacial score (nSPS) is 12.2. The van der Waals surface area contributed by atoms with E-state index < -0.39 is 0 Å². The molecule has 1 aromatic rings. The smallest absolute Gasteiger partial charge is 0.236 e. The Balaban J connectivity index is 2.65. The van der Waals surface area contributed by atoms with Gasteiger partial charge in [-0.1, -0.05) is 6.92 Å². The molecule has 1 amide bonds. The Labute approximate surface area is 111 Å². The average Bonchev–Trinajstić information content (AvgIpc) is 2.39. The van der Waals surface area contributed by atoms with Crippen LogP contribution in [-0.4, -0.2) is 35.2 Å². The summed E-state index contributed by atoms with van der Waals surface area (Å²) in [4.78, 5) is 13.6. The molecule has 0 aromatic heterocycles. The summed E-state index contributed by atoms with van der Waals surface area (Å²) in [6.45, 7) is 4.34. The first-order valence-electron chi connectivity index (χ1n) is 5.86. The highest BCUT2D eigenvalue weighted by Gasteiger charge is 2.15. The summed E-state index contributed by atoms with van der Waals surface area (Å²) in [7, 11) is 0. The Morgan fingerprint density at radius 3 is 2.56 bits per heavy atom. The number of nitrogens with zero attached hydrogens (tertiary/aromatic N) is 1. The highest BCUT2D eigenvalue weighted by atomic mass is 32.2. The van der Waals surface area contributed by atoms with Crippen molar-refractivity contribution in [1.29, 1.82) is 0 Å². The fourth-order valence-electron chi connectivity index (χ4n) is 1.47. The van der Waals surface area contributed by atoms with Crippen molar-refractivity contribution in [2.75, 3.05) is 23.8 Å². The van der Waals surface area contributed by atoms with E-state index in [-0.39, 0.29) is 23.6 Å². The standard InChI is InChI=1S/C13H18FNO2S/c1-3-15(12-6-4-11(14)5-7-12)13(17)9-18-10(2)8-16/h4-7,10,16H,3,8-9H2,1-2H3. The third-order valence-corrected chi connectivity index (χ3v) is 3.64. The quantitative estimate of drug-likeness (QED) is 0.863. The predicted molar refractivity (Wildman–Crippen MR) is 73.4 cm³/mol. The summed E-state index contributed by atoms with van der Waals surface area (Å²) < 4.78 is 12.8. The molecule has 100 valence electrons. The molecule has 5 heteroatoms. The van der Waals surface area contributed by atoms with Crippen LogP contribution in [0.4, 0.5) is 10.1 Å². The summed E-state index contributed by atoms with van der Waals surface area (Å²) in [6.07, 6.45) is 0. The molecule has 0 heterocycles. The second-order valence-electron chi connectivity index (χ2n) is 3.92. The topological polar surface area (TPSA) is 40.5 Å². The molecular weight excluding hydrogens is 253 g/mol. The van der Waals surface area contributed by atoms with E-state index in [9.17, 15) is 9.18 Å². The van der Waals surface area contributed by atoms with Gasteiger partial charge in [-0.05, 0) is 31.2 Å². The number of rotatable bonds is 6. The molecule has 1 rings (SSSR count). The fourth-order valence-corrected chi connectivity index (χ4v) is 2.16. The number of benzene rings is 1. The van der Waals surface area contributed by atoms with Crippen LogP contribution >= 0.6 is 11.8 Å². The molecule has 0 saturated heterocycles. The molecule has 0 fully saturated rings. The maximum absolute atomic E-state index is 12.8. The third-order valence-electron chi connectivity index (χ3n) is 2.50. The van der Waals surface area contributed by atoms with E-state index in [2.05, 4.69) is 0 Å². The van der Waals surface area contributed by atoms with E-state index in [0.29, 0.717) is 18.0 Å². The monoisotopic (exact) mass is 271 g/mol. The zero-order valence-corrected chi connectivity index (χ0v) is 11.4. The predicted octanol–water partition coefficient (Wildman–Crippen LogP) is 2.29. The van der Waals surface area contributed by atoms with E-state index in [1.807, 2.05) is 13.8 Å². The lowest BCUT2D eigenvalue weighted by molar-refractivity contribution is -0.116. The number of hydrogen-bond donors (Lipinski definition) is 1. The number of carbonyl (C=O) groups is 1. The van der Waals surface area contributed by atoms with Crippen molar-refractivity contribution in [3.05, 3.63) is 30.1 Å². The van der Waals surface area contributed by atoms with E-state index in [1.165, 1.54) is 23.9 Å². The van der Waals surface area contributed by atoms with Crippen LogP contribution in [0.1, 0.15) is 13.8 Å². The van der Waals surface area contributed by atoms with Gasteiger partial charge in [-0.25, -0.2) is 4.39 Å². The minimum atomic E-state index is -0.314. The highest BCUT2D eigenvalue weighted by Crippen LogP contribution is 2.17. The van der Waals surface area contributed by atoms with Gasteiger partial charge in [0.05, 0.1) is 12.4 Å². The highest BCUT2D eigenvalue weighted by molar-refractivity contribution is 8.00. The number of aliphatic hydroxyl groups excluding tert-OH is 1. The van der Waals surface area contributed by atoms with E-state index in [1.54, 1.807) is 17.0 Å². The molecule has 1 aromatic carbocycles. The van der Waals surface area contributed by atoms with Crippen LogP contribution in [0.15, 0.2) is 24.3 Å². The fraction of sp³-hybridized carbons (Fsp3) is 0.462. The molecule has 0 aliphatic rings. The van der Waals surface area contributed by atoms with Crippen molar-refractivity contribution >= 4 is 23.4 Å². The minimum Gasteiger partial charge on any atom is -0.395 e. The summed E-state index contributed by atoms with van der Waals surface area (Å²) >= 11 is 1.41. The summed E-state index contributed by atoms with van der Waals surface area (Å²) in [5, 5.41) is 8.95. The Morgan fingerprint density at radius 2 is 2.06 bits per heavy atom. The first kappa shape index (κ1) is 15.0. The molecule has 1 atom stereocenters. The molecular formula is C13H18FNO2S. The van der Waals surface area contributed by atoms with Crippen LogP contribution in [-0.2, 0) is 4.79 Å². The molecule has 0 saturated carbocycles. The first-order chi connectivity index (χ1) is 8.58. The van der Waals surface area contributed by atoms with Crippen molar-refractivity contribution in [3.8, 4) is 0 Å². The van der Waals surface area contributed by atoms with Crippen LogP contribution in [0, 0.1) is 5.82 Å². The Hall–Kier alpha value is -1.07. The molecule has 0 spiro atoms. The number of carbonyl (C=O) groups excluding carboxylic acids is 1. The zero-order valence-electron chi connectivity index (χ0n) is 10.6. The van der Waals surface area contributed by atoms with Gasteiger partial charge < -0.3 is 10.0 Å². The Morgan fingerprint density at radius 1 is 1.44 bits per heavy atom. The number of anilines is 1. The number of amides is 1. The third kappa shape index (κ3) is 4.31. The molecule has 0 aliphatic heterocycles. The second kappa shape index (κ2) is 7.38. The maximum atomic E-state index is 12.8. The van der Waals surface area contributed by atoms with E-state index >= 15 is 0 Å². The van der Waals surface area contributed by atoms with Crippen molar-refractivity contribution < 1.29 is 14.3 Å². The van der Waals surface area contributed by atoms with E-state index in [0.717, 1.165) is 0 Å². The molecule has 1 unspecified atom stereocenters. The van der Waals surface area contributed by atoms with Gasteiger partial charge in [-0.3, -0.25) is 4.79 Å². The van der Waals surface area contributed by atoms with Gasteiger partial charge in [0.2, 0.25) is 5.91 Å². The molecule has 0 aliphatic carbocycles. The van der Waals surface area contributed by atoms with Gasteiger partial charge in [0.25, 0.3) is 0 Å². The van der Waals surface area contributed by atoms with Gasteiger partial charge in [-0.2, -0.15) is 0 Å². The summed E-state index contributed by atoms with van der Waals surface area (Å²) in [6, 6.07) is 5.87. The molecule has 0 bridgehead atoms. The largest absolute Gasteiger partial charge is 0.395 e. The van der Waals surface area contributed by atoms with Crippen LogP contribution in [0.5, 0.6) is 0 Å². The lowest BCUT2D eigenvalue weighted by atomic mass is 10.3. The summed E-state index contributed by atoms with van der Waals surface area (Å²) in [5.74, 6) is -0.0348. The zero-order chi connectivity index (χ0) is 13.5. The van der Waals surface area contributed by atoms with Crippen LogP contribution < -0.4 is 4.90 Å². The molecule has 3 nitrogen and oxygen atoms in total. The van der Waals surface area contributed by atoms with Gasteiger partial charge in [-0.15, -0.1) is 11.8 Å². The summed E-state index contributed by atoms with van der Waals surface area (Å²) in [5.41, 5.74) is 0.696. The van der Waals surface area contributed by atoms with Crippen molar-refractivity contribution in [3.63, 3.8) is 0 Å². The van der Waals surface area contributed by atoms with Crippen molar-refractivity contribution in [2.45, 2.75) is 19.1 Å². The van der Waals surface area contributed by atoms with E-state index in [4.69, 9.17) is 5.11 Å². The number of thioether (sulfide) groups is 1. The Kier molecular flexibility index (Phi) is 6.15. The van der Waals surface area contributed by atoms with Crippen molar-refractivity contribution in [2.24, 2.45) is 0 Å². The van der Waals surface area contributed by atoms with Gasteiger partial charge in [0.1, 0.15) is 5.82 Å². The van der Waals surface area contributed by atoms with Crippen LogP contribution in [0.3, 0.4) is 0 Å². The number of halogens is 1. The van der Waals surface area contributed by atoms with Crippen molar-refractivity contribution in [1.82, 2.24) is 0 Å². The SMILES string of the molecule is CCN(C(=O)CSC(C)CO)c1ccc(F)cc1. The minimum absolute atomic E-state index is 0.0330. The lowest BCUT2D eigenvalue weighted by Gasteiger charge is -2.21. The average molecular weight is 271 g/mol. The lowest BCUT2D eigenvalue weighted by Crippen LogP contribution is -2.32. The van der Waals surface area contributed by atoms with Gasteiger partial charge in [0.15, 0.2) is 0 Å². The molecule has 1 N–H and O–H groups in total. The van der Waals surface area contributed by atoms with Crippen LogP contribution in [0.25, 0.3) is 0 Å². The second-order valence-corrected chi connectivity index (χ2v) is 5.35. The van der Waals surface area contributed by atoms with Gasteiger partial charge >= 0.3 is 0 Å². The maximum Gasteiger partial charge on any atom is 0.236 e. The Bertz CT molecular complexity index is 383. The molecule has 18 heavy (non-hydrogen) atoms. The van der Waals surface area contributed by atoms with Crippen LogP contribution in [0.2, 0.25) is 0 Å². The molecule has 0 radical (unpaired) electrons. The number of aliphatic hydroxyl groups is 1.